The smallest absolute Gasteiger partial charge is 0.290 e. The van der Waals surface area contributed by atoms with Crippen LogP contribution in [0.15, 0.2) is 34.9 Å². The Labute approximate surface area is 157 Å². The van der Waals surface area contributed by atoms with Gasteiger partial charge in [-0.05, 0) is 38.0 Å². The molecule has 1 amide bonds. The highest BCUT2D eigenvalue weighted by molar-refractivity contribution is 5.92. The molecule has 2 aliphatic rings. The van der Waals surface area contributed by atoms with Gasteiger partial charge in [0.2, 0.25) is 5.88 Å². The number of hydrogen-bond acceptors (Lipinski definition) is 6. The number of rotatable bonds is 5. The molecule has 1 N–H and O–H groups in total. The third-order valence-corrected chi connectivity index (χ3v) is 5.55. The fourth-order valence-corrected chi connectivity index (χ4v) is 4.47. The van der Waals surface area contributed by atoms with Crippen LogP contribution in [0.4, 0.5) is 0 Å². The lowest BCUT2D eigenvalue weighted by Crippen LogP contribution is -2.52. The Bertz CT molecular complexity index is 819. The van der Waals surface area contributed by atoms with Gasteiger partial charge in [0.05, 0.1) is 19.3 Å². The molecule has 2 atom stereocenters. The molecule has 7 nitrogen and oxygen atoms in total. The second-order valence-electron chi connectivity index (χ2n) is 7.15. The number of pyridine rings is 1. The second kappa shape index (κ2) is 6.88. The zero-order valence-electron chi connectivity index (χ0n) is 15.6. The first-order valence-electron chi connectivity index (χ1n) is 9.33. The maximum atomic E-state index is 13.0. The molecule has 0 aliphatic carbocycles. The van der Waals surface area contributed by atoms with E-state index in [9.17, 15) is 9.90 Å². The number of aliphatic hydroxyl groups is 1. The summed E-state index contributed by atoms with van der Waals surface area (Å²) in [5.41, 5.74) is -0.366. The Hall–Kier alpha value is -2.54. The van der Waals surface area contributed by atoms with Crippen molar-refractivity contribution < 1.29 is 23.8 Å². The Morgan fingerprint density at radius 2 is 2.07 bits per heavy atom. The molecule has 4 heterocycles. The topological polar surface area (TPSA) is 85.0 Å². The molecule has 0 aromatic carbocycles. The number of aromatic nitrogens is 1. The van der Waals surface area contributed by atoms with Crippen molar-refractivity contribution in [2.24, 2.45) is 0 Å². The van der Waals surface area contributed by atoms with Gasteiger partial charge in [-0.1, -0.05) is 0 Å². The molecule has 27 heavy (non-hydrogen) atoms. The molecular formula is C20H24N2O5. The summed E-state index contributed by atoms with van der Waals surface area (Å²) in [5.74, 6) is 0.918. The molecule has 0 saturated carbocycles. The van der Waals surface area contributed by atoms with Crippen LogP contribution in [0.1, 0.15) is 48.7 Å². The summed E-state index contributed by atoms with van der Waals surface area (Å²) in [6, 6.07) is 6.87. The minimum absolute atomic E-state index is 0.0493. The van der Waals surface area contributed by atoms with Gasteiger partial charge in [0.15, 0.2) is 5.76 Å². The van der Waals surface area contributed by atoms with Crippen LogP contribution < -0.4 is 9.47 Å². The van der Waals surface area contributed by atoms with Gasteiger partial charge in [0.25, 0.3) is 11.9 Å². The summed E-state index contributed by atoms with van der Waals surface area (Å²) in [7, 11) is 1.55. The zero-order valence-corrected chi connectivity index (χ0v) is 15.6. The summed E-state index contributed by atoms with van der Waals surface area (Å²) in [6.45, 7) is 2.35. The predicted octanol–water partition coefficient (Wildman–Crippen LogP) is 2.74. The van der Waals surface area contributed by atoms with Crippen molar-refractivity contribution in [3.05, 3.63) is 41.8 Å². The third-order valence-electron chi connectivity index (χ3n) is 5.55. The van der Waals surface area contributed by atoms with Crippen molar-refractivity contribution >= 4 is 5.91 Å². The molecule has 0 unspecified atom stereocenters. The van der Waals surface area contributed by atoms with Crippen molar-refractivity contribution in [3.63, 3.8) is 0 Å². The van der Waals surface area contributed by atoms with Crippen molar-refractivity contribution in [3.8, 4) is 11.8 Å². The molecule has 2 aromatic heterocycles. The van der Waals surface area contributed by atoms with Gasteiger partial charge in [0.1, 0.15) is 0 Å². The molecule has 144 valence electrons. The first-order chi connectivity index (χ1) is 13.1. The highest BCUT2D eigenvalue weighted by Crippen LogP contribution is 2.48. The van der Waals surface area contributed by atoms with Gasteiger partial charge < -0.3 is 23.9 Å². The molecule has 7 heteroatoms. The lowest BCUT2D eigenvalue weighted by Gasteiger charge is -2.43. The van der Waals surface area contributed by atoms with E-state index in [2.05, 4.69) is 4.98 Å². The lowest BCUT2D eigenvalue weighted by atomic mass is 9.80. The standard InChI is InChI=1S/C20H24N2O5/c1-3-26-17-9-8-16(27-17)19(23)22-13-6-7-14(22)12-20(24,11-13)15-5-4-10-21-18(15)25-2/h4-5,8-10,13-14,24H,3,6-7,11-12H2,1-2H3/t13-,14-/m1/s1. The summed E-state index contributed by atoms with van der Waals surface area (Å²) < 4.78 is 16.2. The highest BCUT2D eigenvalue weighted by Gasteiger charge is 2.51. The molecule has 2 bridgehead atoms. The fraction of sp³-hybridized carbons (Fsp3) is 0.500. The quantitative estimate of drug-likeness (QED) is 0.869. The van der Waals surface area contributed by atoms with E-state index in [0.717, 1.165) is 12.8 Å². The van der Waals surface area contributed by atoms with Gasteiger partial charge in [0, 0.05) is 42.8 Å². The lowest BCUT2D eigenvalue weighted by molar-refractivity contribution is -0.0501. The Balaban J connectivity index is 1.57. The van der Waals surface area contributed by atoms with Crippen LogP contribution >= 0.6 is 0 Å². The Kier molecular flexibility index (Phi) is 4.55. The summed E-state index contributed by atoms with van der Waals surface area (Å²) in [6.07, 6.45) is 4.28. The molecule has 0 radical (unpaired) electrons. The molecule has 0 spiro atoms. The maximum Gasteiger partial charge on any atom is 0.290 e. The van der Waals surface area contributed by atoms with Crippen LogP contribution in [0.25, 0.3) is 0 Å². The summed E-state index contributed by atoms with van der Waals surface area (Å²) in [4.78, 5) is 19.1. The summed E-state index contributed by atoms with van der Waals surface area (Å²) >= 11 is 0. The summed E-state index contributed by atoms with van der Waals surface area (Å²) in [5, 5.41) is 11.4. The van der Waals surface area contributed by atoms with Crippen molar-refractivity contribution in [2.75, 3.05) is 13.7 Å². The van der Waals surface area contributed by atoms with E-state index in [1.807, 2.05) is 17.9 Å². The number of nitrogens with zero attached hydrogens (tertiary/aromatic N) is 2. The van der Waals surface area contributed by atoms with E-state index in [1.165, 1.54) is 0 Å². The van der Waals surface area contributed by atoms with E-state index in [1.54, 1.807) is 31.5 Å². The molecule has 2 fully saturated rings. The van der Waals surface area contributed by atoms with Gasteiger partial charge in [-0.3, -0.25) is 4.79 Å². The van der Waals surface area contributed by atoms with Crippen molar-refractivity contribution in [2.45, 2.75) is 50.3 Å². The Morgan fingerprint density at radius 3 is 2.74 bits per heavy atom. The Morgan fingerprint density at radius 1 is 1.33 bits per heavy atom. The van der Waals surface area contributed by atoms with E-state index in [4.69, 9.17) is 13.9 Å². The predicted molar refractivity (Wildman–Crippen MR) is 96.8 cm³/mol. The van der Waals surface area contributed by atoms with Gasteiger partial charge in [-0.15, -0.1) is 0 Å². The molecule has 2 aromatic rings. The van der Waals surface area contributed by atoms with E-state index < -0.39 is 5.60 Å². The van der Waals surface area contributed by atoms with Crippen LogP contribution in [0, 0.1) is 0 Å². The number of fused-ring (bicyclic) bond motifs is 2. The van der Waals surface area contributed by atoms with Crippen molar-refractivity contribution in [1.29, 1.82) is 0 Å². The third kappa shape index (κ3) is 3.06. The SMILES string of the molecule is CCOc1ccc(C(=O)N2[C@@H]3CC[C@@H]2CC(O)(c2cccnc2OC)C3)o1. The van der Waals surface area contributed by atoms with E-state index in [0.29, 0.717) is 36.8 Å². The van der Waals surface area contributed by atoms with E-state index in [-0.39, 0.29) is 23.8 Å². The second-order valence-corrected chi connectivity index (χ2v) is 7.15. The average molecular weight is 372 g/mol. The molecule has 4 rings (SSSR count). The normalized spacial score (nSPS) is 26.9. The van der Waals surface area contributed by atoms with Crippen LogP contribution in [-0.4, -0.2) is 46.7 Å². The minimum atomic E-state index is -1.05. The van der Waals surface area contributed by atoms with Crippen LogP contribution in [0.2, 0.25) is 0 Å². The van der Waals surface area contributed by atoms with Crippen LogP contribution in [-0.2, 0) is 5.60 Å². The van der Waals surface area contributed by atoms with Crippen LogP contribution in [0.5, 0.6) is 11.8 Å². The van der Waals surface area contributed by atoms with Gasteiger partial charge in [-0.2, -0.15) is 0 Å². The van der Waals surface area contributed by atoms with Crippen LogP contribution in [0.3, 0.4) is 0 Å². The number of piperidine rings is 1. The maximum absolute atomic E-state index is 13.0. The number of methoxy groups -OCH3 is 1. The number of furan rings is 1. The average Bonchev–Trinajstić information content (AvgIpc) is 3.25. The number of amides is 1. The number of carbonyl (C=O) groups excluding carboxylic acids is 1. The van der Waals surface area contributed by atoms with Crippen molar-refractivity contribution in [1.82, 2.24) is 9.88 Å². The van der Waals surface area contributed by atoms with E-state index >= 15 is 0 Å². The zero-order chi connectivity index (χ0) is 19.0. The first-order valence-corrected chi connectivity index (χ1v) is 9.33. The number of hydrogen-bond donors (Lipinski definition) is 1. The molecular weight excluding hydrogens is 348 g/mol. The largest absolute Gasteiger partial charge is 0.481 e. The molecule has 2 aliphatic heterocycles. The minimum Gasteiger partial charge on any atom is -0.481 e. The number of carbonyl (C=O) groups is 1. The first kappa shape index (κ1) is 17.9. The van der Waals surface area contributed by atoms with Gasteiger partial charge >= 0.3 is 0 Å². The monoisotopic (exact) mass is 372 g/mol. The molecule has 2 saturated heterocycles. The number of ether oxygens (including phenoxy) is 2. The fourth-order valence-electron chi connectivity index (χ4n) is 4.47. The van der Waals surface area contributed by atoms with Gasteiger partial charge in [-0.25, -0.2) is 4.98 Å². The highest BCUT2D eigenvalue weighted by atomic mass is 16.6.